The average molecular weight is 323 g/mol. The van der Waals surface area contributed by atoms with Crippen LogP contribution >= 0.6 is 0 Å². The molecule has 0 unspecified atom stereocenters. The molecule has 0 aliphatic carbocycles. The Balaban J connectivity index is 1.51. The number of hydrogen-bond acceptors (Lipinski definition) is 4. The fraction of sp³-hybridized carbons (Fsp3) is 0.647. The van der Waals surface area contributed by atoms with Gasteiger partial charge >= 0.3 is 0 Å². The van der Waals surface area contributed by atoms with Crippen LogP contribution < -0.4 is 0 Å². The van der Waals surface area contributed by atoms with E-state index in [2.05, 4.69) is 4.90 Å². The van der Waals surface area contributed by atoms with E-state index in [-0.39, 0.29) is 5.75 Å². The second kappa shape index (κ2) is 6.30. The number of likely N-dealkylation sites (tertiary alicyclic amines) is 1. The number of benzene rings is 1. The van der Waals surface area contributed by atoms with E-state index in [1.807, 2.05) is 19.1 Å². The van der Waals surface area contributed by atoms with Gasteiger partial charge in [-0.15, -0.1) is 0 Å². The van der Waals surface area contributed by atoms with E-state index in [1.54, 1.807) is 12.1 Å². The molecule has 1 atom stereocenters. The van der Waals surface area contributed by atoms with Gasteiger partial charge in [0.05, 0.1) is 17.3 Å². The molecule has 3 rings (SSSR count). The maximum Gasteiger partial charge on any atom is 0.178 e. The van der Waals surface area contributed by atoms with Crippen molar-refractivity contribution in [3.05, 3.63) is 29.8 Å². The molecule has 2 aliphatic rings. The highest BCUT2D eigenvalue weighted by atomic mass is 32.2. The monoisotopic (exact) mass is 323 g/mol. The molecule has 1 aromatic rings. The van der Waals surface area contributed by atoms with Crippen molar-refractivity contribution in [3.8, 4) is 0 Å². The van der Waals surface area contributed by atoms with Gasteiger partial charge < -0.3 is 9.64 Å². The standard InChI is InChI=1S/C17H25NO3S/c1-15-4-2-5-16(12-15)22(19,20)11-3-8-18-9-6-17(13-18)7-10-21-14-17/h2,4-5,12H,3,6-11,13-14H2,1H3/t17-/m0/s1. The zero-order chi connectivity index (χ0) is 15.6. The van der Waals surface area contributed by atoms with Crippen molar-refractivity contribution >= 4 is 9.84 Å². The maximum atomic E-state index is 12.4. The van der Waals surface area contributed by atoms with Gasteiger partial charge in [-0.25, -0.2) is 8.42 Å². The molecule has 5 heteroatoms. The van der Waals surface area contributed by atoms with Gasteiger partial charge in [0, 0.05) is 18.6 Å². The third-order valence-electron chi connectivity index (χ3n) is 4.94. The van der Waals surface area contributed by atoms with E-state index < -0.39 is 9.84 Å². The van der Waals surface area contributed by atoms with Crippen LogP contribution in [0, 0.1) is 12.3 Å². The van der Waals surface area contributed by atoms with E-state index in [0.29, 0.717) is 16.7 Å². The Hall–Kier alpha value is -0.910. The lowest BCUT2D eigenvalue weighted by Gasteiger charge is -2.21. The molecule has 2 heterocycles. The van der Waals surface area contributed by atoms with Crippen LogP contribution in [0.15, 0.2) is 29.2 Å². The second-order valence-electron chi connectivity index (χ2n) is 6.82. The number of rotatable bonds is 5. The van der Waals surface area contributed by atoms with E-state index in [4.69, 9.17) is 4.74 Å². The highest BCUT2D eigenvalue weighted by Crippen LogP contribution is 2.38. The minimum atomic E-state index is -3.15. The number of hydrogen-bond donors (Lipinski definition) is 0. The van der Waals surface area contributed by atoms with Gasteiger partial charge in [0.25, 0.3) is 0 Å². The molecule has 0 aromatic heterocycles. The van der Waals surface area contributed by atoms with Crippen molar-refractivity contribution < 1.29 is 13.2 Å². The smallest absolute Gasteiger partial charge is 0.178 e. The molecular formula is C17H25NO3S. The Kier molecular flexibility index (Phi) is 4.57. The summed E-state index contributed by atoms with van der Waals surface area (Å²) in [6.07, 6.45) is 3.05. The Morgan fingerprint density at radius 2 is 2.18 bits per heavy atom. The first-order valence-corrected chi connectivity index (χ1v) is 9.74. The Morgan fingerprint density at radius 1 is 1.32 bits per heavy atom. The summed E-state index contributed by atoms with van der Waals surface area (Å²) in [5.41, 5.74) is 1.35. The topological polar surface area (TPSA) is 46.6 Å². The van der Waals surface area contributed by atoms with Crippen molar-refractivity contribution in [1.82, 2.24) is 4.90 Å². The molecule has 1 aromatic carbocycles. The molecule has 2 fully saturated rings. The van der Waals surface area contributed by atoms with E-state index >= 15 is 0 Å². The highest BCUT2D eigenvalue weighted by molar-refractivity contribution is 7.91. The minimum Gasteiger partial charge on any atom is -0.381 e. The zero-order valence-corrected chi connectivity index (χ0v) is 14.1. The van der Waals surface area contributed by atoms with Crippen LogP contribution in [0.5, 0.6) is 0 Å². The fourth-order valence-electron chi connectivity index (χ4n) is 3.59. The fourth-order valence-corrected chi connectivity index (χ4v) is 4.99. The van der Waals surface area contributed by atoms with Gasteiger partial charge in [-0.1, -0.05) is 12.1 Å². The second-order valence-corrected chi connectivity index (χ2v) is 8.93. The number of sulfone groups is 1. The molecule has 22 heavy (non-hydrogen) atoms. The number of ether oxygens (including phenoxy) is 1. The molecule has 0 bridgehead atoms. The first-order valence-electron chi connectivity index (χ1n) is 8.09. The summed E-state index contributed by atoms with van der Waals surface area (Å²) in [4.78, 5) is 2.86. The molecule has 0 saturated carbocycles. The summed E-state index contributed by atoms with van der Waals surface area (Å²) in [6, 6.07) is 7.19. The van der Waals surface area contributed by atoms with Gasteiger partial charge in [0.1, 0.15) is 0 Å². The van der Waals surface area contributed by atoms with Gasteiger partial charge in [-0.05, 0) is 57.0 Å². The molecule has 2 saturated heterocycles. The van der Waals surface area contributed by atoms with Crippen molar-refractivity contribution in [1.29, 1.82) is 0 Å². The van der Waals surface area contributed by atoms with Crippen molar-refractivity contribution in [2.45, 2.75) is 31.1 Å². The molecule has 122 valence electrons. The first-order chi connectivity index (χ1) is 10.5. The summed E-state index contributed by atoms with van der Waals surface area (Å²) in [7, 11) is -3.15. The number of nitrogens with zero attached hydrogens (tertiary/aromatic N) is 1. The largest absolute Gasteiger partial charge is 0.381 e. The van der Waals surface area contributed by atoms with E-state index in [0.717, 1.165) is 44.8 Å². The predicted octanol–water partition coefficient (Wildman–Crippen LogP) is 2.27. The third kappa shape index (κ3) is 3.53. The predicted molar refractivity (Wildman–Crippen MR) is 86.8 cm³/mol. The molecule has 0 amide bonds. The first kappa shape index (κ1) is 16.0. The third-order valence-corrected chi connectivity index (χ3v) is 6.74. The lowest BCUT2D eigenvalue weighted by molar-refractivity contribution is 0.152. The Labute approximate surface area is 133 Å². The Bertz CT molecular complexity index is 621. The average Bonchev–Trinajstić information content (AvgIpc) is 3.10. The zero-order valence-electron chi connectivity index (χ0n) is 13.3. The molecule has 2 aliphatic heterocycles. The minimum absolute atomic E-state index is 0.233. The van der Waals surface area contributed by atoms with Crippen molar-refractivity contribution in [2.75, 3.05) is 38.6 Å². The molecular weight excluding hydrogens is 298 g/mol. The summed E-state index contributed by atoms with van der Waals surface area (Å²) in [6.45, 7) is 6.70. The van der Waals surface area contributed by atoms with Crippen molar-refractivity contribution in [3.63, 3.8) is 0 Å². The van der Waals surface area contributed by atoms with Crippen LogP contribution in [0.4, 0.5) is 0 Å². The highest BCUT2D eigenvalue weighted by Gasteiger charge is 2.40. The van der Waals surface area contributed by atoms with Crippen LogP contribution in [-0.4, -0.2) is 51.9 Å². The Morgan fingerprint density at radius 3 is 2.91 bits per heavy atom. The van der Waals surface area contributed by atoms with Crippen LogP contribution in [0.1, 0.15) is 24.8 Å². The van der Waals surface area contributed by atoms with Crippen LogP contribution in [0.2, 0.25) is 0 Å². The lowest BCUT2D eigenvalue weighted by Crippen LogP contribution is -2.29. The normalized spacial score (nSPS) is 26.0. The lowest BCUT2D eigenvalue weighted by atomic mass is 9.87. The van der Waals surface area contributed by atoms with Gasteiger partial charge in [0.2, 0.25) is 0 Å². The quantitative estimate of drug-likeness (QED) is 0.834. The van der Waals surface area contributed by atoms with E-state index in [1.165, 1.54) is 6.42 Å². The van der Waals surface area contributed by atoms with Crippen molar-refractivity contribution in [2.24, 2.45) is 5.41 Å². The molecule has 0 radical (unpaired) electrons. The van der Waals surface area contributed by atoms with E-state index in [9.17, 15) is 8.42 Å². The van der Waals surface area contributed by atoms with Gasteiger partial charge in [-0.2, -0.15) is 0 Å². The summed E-state index contributed by atoms with van der Waals surface area (Å²) in [5, 5.41) is 0. The molecule has 0 N–H and O–H groups in total. The molecule has 1 spiro atoms. The maximum absolute atomic E-state index is 12.4. The summed E-state index contributed by atoms with van der Waals surface area (Å²) < 4.78 is 30.3. The SMILES string of the molecule is Cc1cccc(S(=O)(=O)CCCN2CC[C@]3(CCOC3)C2)c1. The summed E-state index contributed by atoms with van der Waals surface area (Å²) in [5.74, 6) is 0.233. The van der Waals surface area contributed by atoms with Crippen LogP contribution in [0.25, 0.3) is 0 Å². The van der Waals surface area contributed by atoms with Gasteiger partial charge in [0.15, 0.2) is 9.84 Å². The van der Waals surface area contributed by atoms with Crippen LogP contribution in [-0.2, 0) is 14.6 Å². The summed E-state index contributed by atoms with van der Waals surface area (Å²) >= 11 is 0. The molecule has 4 nitrogen and oxygen atoms in total. The number of aryl methyl sites for hydroxylation is 1. The van der Waals surface area contributed by atoms with Crippen LogP contribution in [0.3, 0.4) is 0 Å². The van der Waals surface area contributed by atoms with Gasteiger partial charge in [-0.3, -0.25) is 0 Å².